The van der Waals surface area contributed by atoms with Crippen LogP contribution in [0.3, 0.4) is 0 Å². The van der Waals surface area contributed by atoms with Gasteiger partial charge in [-0.15, -0.1) is 0 Å². The fourth-order valence-corrected chi connectivity index (χ4v) is 3.33. The Morgan fingerprint density at radius 3 is 2.23 bits per heavy atom. The van der Waals surface area contributed by atoms with Crippen LogP contribution in [-0.4, -0.2) is 37.1 Å². The highest BCUT2D eigenvalue weighted by atomic mass is 16.5. The third-order valence-corrected chi connectivity index (χ3v) is 4.92. The Balaban J connectivity index is 2.25. The molecule has 0 fully saturated rings. The van der Waals surface area contributed by atoms with Gasteiger partial charge in [-0.25, -0.2) is 0 Å². The SMILES string of the molecule is COc1ccc(-c2cc(=O)c3c(O)cc(OC)c(CCC(C)(C)O)c3o2)cc1OC. The van der Waals surface area contributed by atoms with Crippen molar-refractivity contribution in [2.45, 2.75) is 32.3 Å². The quantitative estimate of drug-likeness (QED) is 0.605. The van der Waals surface area contributed by atoms with Crippen LogP contribution < -0.4 is 19.6 Å². The van der Waals surface area contributed by atoms with Crippen LogP contribution in [0.15, 0.2) is 39.5 Å². The van der Waals surface area contributed by atoms with Crippen LogP contribution in [0, 0.1) is 0 Å². The van der Waals surface area contributed by atoms with Gasteiger partial charge in [0.15, 0.2) is 16.9 Å². The highest BCUT2D eigenvalue weighted by Crippen LogP contribution is 2.38. The lowest BCUT2D eigenvalue weighted by Crippen LogP contribution is -2.19. The maximum Gasteiger partial charge on any atom is 0.197 e. The van der Waals surface area contributed by atoms with Crippen LogP contribution in [-0.2, 0) is 6.42 Å². The van der Waals surface area contributed by atoms with Gasteiger partial charge in [0, 0.05) is 23.3 Å². The third kappa shape index (κ3) is 4.21. The monoisotopic (exact) mass is 414 g/mol. The Labute approximate surface area is 174 Å². The number of hydrogen-bond donors (Lipinski definition) is 2. The van der Waals surface area contributed by atoms with E-state index >= 15 is 0 Å². The first kappa shape index (κ1) is 21.5. The molecule has 0 bridgehead atoms. The molecule has 7 nitrogen and oxygen atoms in total. The van der Waals surface area contributed by atoms with Crippen LogP contribution in [0.1, 0.15) is 25.8 Å². The molecule has 2 N–H and O–H groups in total. The number of aromatic hydroxyl groups is 1. The second kappa shape index (κ2) is 8.28. The van der Waals surface area contributed by atoms with Crippen LogP contribution in [0.4, 0.5) is 0 Å². The van der Waals surface area contributed by atoms with Gasteiger partial charge in [0.1, 0.15) is 28.2 Å². The predicted octanol–water partition coefficient (Wildman–Crippen LogP) is 3.89. The van der Waals surface area contributed by atoms with Gasteiger partial charge in [0.05, 0.1) is 26.9 Å². The normalized spacial score (nSPS) is 11.5. The fourth-order valence-electron chi connectivity index (χ4n) is 3.33. The predicted molar refractivity (Wildman–Crippen MR) is 114 cm³/mol. The van der Waals surface area contributed by atoms with Gasteiger partial charge in [-0.2, -0.15) is 0 Å². The minimum atomic E-state index is -0.920. The zero-order valence-corrected chi connectivity index (χ0v) is 17.7. The Kier molecular flexibility index (Phi) is 5.94. The highest BCUT2D eigenvalue weighted by Gasteiger charge is 2.22. The van der Waals surface area contributed by atoms with Crippen molar-refractivity contribution in [3.8, 4) is 34.3 Å². The van der Waals surface area contributed by atoms with Crippen molar-refractivity contribution in [2.24, 2.45) is 0 Å². The van der Waals surface area contributed by atoms with Crippen molar-refractivity contribution in [1.29, 1.82) is 0 Å². The van der Waals surface area contributed by atoms with Gasteiger partial charge in [0.25, 0.3) is 0 Å². The van der Waals surface area contributed by atoms with Crippen LogP contribution in [0.25, 0.3) is 22.3 Å². The number of fused-ring (bicyclic) bond motifs is 1. The number of aryl methyl sites for hydroxylation is 1. The van der Waals surface area contributed by atoms with Crippen LogP contribution >= 0.6 is 0 Å². The summed E-state index contributed by atoms with van der Waals surface area (Å²) in [5.74, 6) is 1.52. The lowest BCUT2D eigenvalue weighted by atomic mass is 9.96. The molecule has 0 saturated carbocycles. The topological polar surface area (TPSA) is 98.4 Å². The van der Waals surface area contributed by atoms with E-state index < -0.39 is 5.60 Å². The number of benzene rings is 2. The number of aliphatic hydroxyl groups is 1. The molecule has 0 atom stereocenters. The Bertz CT molecular complexity index is 1120. The lowest BCUT2D eigenvalue weighted by molar-refractivity contribution is 0.0713. The van der Waals surface area contributed by atoms with E-state index in [1.807, 2.05) is 0 Å². The summed E-state index contributed by atoms with van der Waals surface area (Å²) < 4.78 is 22.1. The van der Waals surface area contributed by atoms with Crippen molar-refractivity contribution in [1.82, 2.24) is 0 Å². The molecule has 0 amide bonds. The maximum absolute atomic E-state index is 12.9. The molecule has 3 rings (SSSR count). The summed E-state index contributed by atoms with van der Waals surface area (Å²) in [7, 11) is 4.54. The van der Waals surface area contributed by atoms with E-state index in [2.05, 4.69) is 0 Å². The molecule has 0 spiro atoms. The molecule has 2 aromatic carbocycles. The summed E-state index contributed by atoms with van der Waals surface area (Å²) in [4.78, 5) is 12.9. The first-order valence-corrected chi connectivity index (χ1v) is 9.50. The van der Waals surface area contributed by atoms with Gasteiger partial charge in [-0.05, 0) is 44.9 Å². The Morgan fingerprint density at radius 2 is 1.63 bits per heavy atom. The molecule has 160 valence electrons. The minimum absolute atomic E-state index is 0.0748. The van der Waals surface area contributed by atoms with Crippen molar-refractivity contribution in [3.63, 3.8) is 0 Å². The van der Waals surface area contributed by atoms with Gasteiger partial charge in [-0.1, -0.05) is 0 Å². The Hall–Kier alpha value is -3.19. The number of phenols is 1. The molecule has 1 aromatic heterocycles. The minimum Gasteiger partial charge on any atom is -0.507 e. The Morgan fingerprint density at radius 1 is 0.967 bits per heavy atom. The molecule has 0 saturated heterocycles. The molecular weight excluding hydrogens is 388 g/mol. The summed E-state index contributed by atoms with van der Waals surface area (Å²) in [6, 6.07) is 7.91. The zero-order chi connectivity index (χ0) is 22.1. The molecule has 30 heavy (non-hydrogen) atoms. The second-order valence-electron chi connectivity index (χ2n) is 7.64. The fraction of sp³-hybridized carbons (Fsp3) is 0.348. The summed E-state index contributed by atoms with van der Waals surface area (Å²) in [6.45, 7) is 3.40. The van der Waals surface area contributed by atoms with Crippen molar-refractivity contribution < 1.29 is 28.8 Å². The number of hydrogen-bond acceptors (Lipinski definition) is 7. The standard InChI is InChI=1S/C23H26O7/c1-23(2,26)9-8-14-19(28-4)12-16(25)21-15(24)11-18(30-22(14)21)13-6-7-17(27-3)20(10-13)29-5/h6-7,10-12,25-26H,8-9H2,1-5H3. The highest BCUT2D eigenvalue weighted by molar-refractivity contribution is 5.89. The number of rotatable bonds is 7. The molecule has 0 aliphatic carbocycles. The van der Waals surface area contributed by atoms with E-state index in [1.54, 1.807) is 32.0 Å². The van der Waals surface area contributed by atoms with Crippen molar-refractivity contribution in [2.75, 3.05) is 21.3 Å². The molecule has 0 aliphatic rings. The smallest absolute Gasteiger partial charge is 0.197 e. The third-order valence-electron chi connectivity index (χ3n) is 4.92. The van der Waals surface area contributed by atoms with Gasteiger partial charge in [-0.3, -0.25) is 4.79 Å². The second-order valence-corrected chi connectivity index (χ2v) is 7.64. The summed E-state index contributed by atoms with van der Waals surface area (Å²) in [6.07, 6.45) is 0.801. The first-order chi connectivity index (χ1) is 14.2. The van der Waals surface area contributed by atoms with E-state index in [4.69, 9.17) is 18.6 Å². The summed E-state index contributed by atoms with van der Waals surface area (Å²) in [5.41, 5.74) is 0.143. The van der Waals surface area contributed by atoms with E-state index in [0.717, 1.165) is 0 Å². The number of ether oxygens (including phenoxy) is 3. The van der Waals surface area contributed by atoms with Gasteiger partial charge >= 0.3 is 0 Å². The average molecular weight is 414 g/mol. The molecule has 7 heteroatoms. The van der Waals surface area contributed by atoms with Crippen LogP contribution in [0.5, 0.6) is 23.0 Å². The number of methoxy groups -OCH3 is 3. The van der Waals surface area contributed by atoms with Crippen molar-refractivity contribution >= 4 is 11.0 Å². The summed E-state index contributed by atoms with van der Waals surface area (Å²) in [5, 5.41) is 20.6. The molecule has 0 aliphatic heterocycles. The summed E-state index contributed by atoms with van der Waals surface area (Å²) >= 11 is 0. The lowest BCUT2D eigenvalue weighted by Gasteiger charge is -2.19. The molecule has 0 radical (unpaired) electrons. The van der Waals surface area contributed by atoms with E-state index in [0.29, 0.717) is 47.0 Å². The van der Waals surface area contributed by atoms with E-state index in [1.165, 1.54) is 33.5 Å². The molecule has 0 unspecified atom stereocenters. The molecular formula is C23H26O7. The largest absolute Gasteiger partial charge is 0.507 e. The first-order valence-electron chi connectivity index (χ1n) is 9.50. The van der Waals surface area contributed by atoms with Gasteiger partial charge < -0.3 is 28.8 Å². The maximum atomic E-state index is 12.9. The number of phenolic OH excluding ortho intramolecular Hbond substituents is 1. The molecule has 3 aromatic rings. The van der Waals surface area contributed by atoms with Crippen molar-refractivity contribution in [3.05, 3.63) is 46.1 Å². The van der Waals surface area contributed by atoms with Gasteiger partial charge in [0.2, 0.25) is 0 Å². The van der Waals surface area contributed by atoms with E-state index in [-0.39, 0.29) is 22.1 Å². The van der Waals surface area contributed by atoms with Crippen LogP contribution in [0.2, 0.25) is 0 Å². The molecule has 1 heterocycles. The average Bonchev–Trinajstić information content (AvgIpc) is 2.70. The van der Waals surface area contributed by atoms with E-state index in [9.17, 15) is 15.0 Å². The zero-order valence-electron chi connectivity index (χ0n) is 17.7.